The van der Waals surface area contributed by atoms with Crippen LogP contribution in [0.15, 0.2) is 66.7 Å². The van der Waals surface area contributed by atoms with Crippen LogP contribution in [-0.2, 0) is 17.8 Å². The molecule has 4 aromatic rings. The lowest BCUT2D eigenvalue weighted by atomic mass is 10.1. The lowest BCUT2D eigenvalue weighted by molar-refractivity contribution is -0.118. The van der Waals surface area contributed by atoms with Crippen molar-refractivity contribution < 1.29 is 4.79 Å². The van der Waals surface area contributed by atoms with Gasteiger partial charge in [-0.3, -0.25) is 4.79 Å². The first-order chi connectivity index (χ1) is 14.2. The molecule has 0 radical (unpaired) electrons. The fourth-order valence-electron chi connectivity index (χ4n) is 3.86. The SMILES string of the molecule is CC(=O)NCCCCCc1nc2ccccc2n1Cc1ccc2ccccc2c1. The summed E-state index contributed by atoms with van der Waals surface area (Å²) in [5.41, 5.74) is 3.54. The number of nitrogens with one attached hydrogen (secondary N) is 1. The molecule has 0 bridgehead atoms. The highest BCUT2D eigenvalue weighted by molar-refractivity contribution is 5.83. The van der Waals surface area contributed by atoms with Crippen molar-refractivity contribution in [3.05, 3.63) is 78.1 Å². The van der Waals surface area contributed by atoms with E-state index in [1.807, 2.05) is 6.07 Å². The molecule has 0 spiro atoms. The summed E-state index contributed by atoms with van der Waals surface area (Å²) in [5, 5.41) is 5.41. The number of rotatable bonds is 8. The van der Waals surface area contributed by atoms with Crippen LogP contribution in [0.2, 0.25) is 0 Å². The van der Waals surface area contributed by atoms with E-state index >= 15 is 0 Å². The number of unbranched alkanes of at least 4 members (excludes halogenated alkanes) is 2. The molecule has 148 valence electrons. The molecule has 0 unspecified atom stereocenters. The number of nitrogens with zero attached hydrogens (tertiary/aromatic N) is 2. The molecule has 4 nitrogen and oxygen atoms in total. The van der Waals surface area contributed by atoms with Gasteiger partial charge in [-0.1, -0.05) is 55.0 Å². The molecule has 1 aromatic heterocycles. The summed E-state index contributed by atoms with van der Waals surface area (Å²) in [5.74, 6) is 1.18. The molecule has 0 fully saturated rings. The zero-order valence-corrected chi connectivity index (χ0v) is 16.9. The number of carbonyl (C=O) groups is 1. The molecule has 3 aromatic carbocycles. The summed E-state index contributed by atoms with van der Waals surface area (Å²) in [6.45, 7) is 3.14. The van der Waals surface area contributed by atoms with Gasteiger partial charge in [0.1, 0.15) is 5.82 Å². The second kappa shape index (κ2) is 8.91. The average Bonchev–Trinajstić information content (AvgIpc) is 3.07. The molecule has 0 aliphatic carbocycles. The smallest absolute Gasteiger partial charge is 0.216 e. The van der Waals surface area contributed by atoms with Gasteiger partial charge in [0.15, 0.2) is 0 Å². The Hall–Kier alpha value is -3.14. The molecule has 0 saturated heterocycles. The van der Waals surface area contributed by atoms with E-state index in [0.29, 0.717) is 0 Å². The van der Waals surface area contributed by atoms with Gasteiger partial charge in [-0.15, -0.1) is 0 Å². The minimum Gasteiger partial charge on any atom is -0.356 e. The van der Waals surface area contributed by atoms with Crippen LogP contribution in [0.3, 0.4) is 0 Å². The molecule has 4 heteroatoms. The first-order valence-corrected chi connectivity index (χ1v) is 10.4. The summed E-state index contributed by atoms with van der Waals surface area (Å²) in [6.07, 6.45) is 4.10. The quantitative estimate of drug-likeness (QED) is 0.430. The van der Waals surface area contributed by atoms with Crippen LogP contribution in [0.5, 0.6) is 0 Å². The van der Waals surface area contributed by atoms with E-state index in [0.717, 1.165) is 50.1 Å². The van der Waals surface area contributed by atoms with Crippen LogP contribution >= 0.6 is 0 Å². The van der Waals surface area contributed by atoms with Gasteiger partial charge in [0, 0.05) is 26.4 Å². The Morgan fingerprint density at radius 2 is 1.72 bits per heavy atom. The van der Waals surface area contributed by atoms with Crippen molar-refractivity contribution >= 4 is 27.7 Å². The van der Waals surface area contributed by atoms with Gasteiger partial charge in [-0.2, -0.15) is 0 Å². The van der Waals surface area contributed by atoms with Gasteiger partial charge in [0.25, 0.3) is 0 Å². The van der Waals surface area contributed by atoms with Gasteiger partial charge < -0.3 is 9.88 Å². The number of imidazole rings is 1. The number of hydrogen-bond acceptors (Lipinski definition) is 2. The summed E-state index contributed by atoms with van der Waals surface area (Å²) in [7, 11) is 0. The van der Waals surface area contributed by atoms with Crippen LogP contribution in [0.25, 0.3) is 21.8 Å². The topological polar surface area (TPSA) is 46.9 Å². The van der Waals surface area contributed by atoms with E-state index in [1.54, 1.807) is 6.92 Å². The number of hydrogen-bond donors (Lipinski definition) is 1. The third-order valence-corrected chi connectivity index (χ3v) is 5.34. The zero-order valence-electron chi connectivity index (χ0n) is 16.9. The molecule has 1 heterocycles. The number of aromatic nitrogens is 2. The summed E-state index contributed by atoms with van der Waals surface area (Å²) in [6, 6.07) is 23.6. The van der Waals surface area contributed by atoms with Crippen LogP contribution in [0.4, 0.5) is 0 Å². The summed E-state index contributed by atoms with van der Waals surface area (Å²) in [4.78, 5) is 15.9. The minimum atomic E-state index is 0.0437. The highest BCUT2D eigenvalue weighted by Crippen LogP contribution is 2.22. The number of fused-ring (bicyclic) bond motifs is 2. The molecule has 0 aliphatic heterocycles. The first kappa shape index (κ1) is 19.2. The monoisotopic (exact) mass is 385 g/mol. The number of benzene rings is 3. The third kappa shape index (κ3) is 4.65. The van der Waals surface area contributed by atoms with Gasteiger partial charge in [0.2, 0.25) is 5.91 Å². The van der Waals surface area contributed by atoms with Gasteiger partial charge >= 0.3 is 0 Å². The fraction of sp³-hybridized carbons (Fsp3) is 0.280. The Morgan fingerprint density at radius 3 is 2.59 bits per heavy atom. The Bertz CT molecular complexity index is 1130. The summed E-state index contributed by atoms with van der Waals surface area (Å²) >= 11 is 0. The predicted molar refractivity (Wildman–Crippen MR) is 119 cm³/mol. The first-order valence-electron chi connectivity index (χ1n) is 10.4. The second-order valence-corrected chi connectivity index (χ2v) is 7.58. The van der Waals surface area contributed by atoms with Crippen molar-refractivity contribution in [2.45, 2.75) is 39.2 Å². The van der Waals surface area contributed by atoms with Gasteiger partial charge in [-0.05, 0) is 47.4 Å². The minimum absolute atomic E-state index is 0.0437. The van der Waals surface area contributed by atoms with Gasteiger partial charge in [-0.25, -0.2) is 4.98 Å². The number of aryl methyl sites for hydroxylation is 1. The second-order valence-electron chi connectivity index (χ2n) is 7.58. The maximum Gasteiger partial charge on any atom is 0.216 e. The molecule has 4 rings (SSSR count). The third-order valence-electron chi connectivity index (χ3n) is 5.34. The van der Waals surface area contributed by atoms with Crippen LogP contribution in [0.1, 0.15) is 37.6 Å². The van der Waals surface area contributed by atoms with Crippen molar-refractivity contribution in [1.82, 2.24) is 14.9 Å². The van der Waals surface area contributed by atoms with Crippen LogP contribution in [0, 0.1) is 0 Å². The Balaban J connectivity index is 1.52. The standard InChI is InChI=1S/C25H27N3O/c1-19(29)26-16-8-2-3-13-25-27-23-11-6-7-12-24(23)28(25)18-20-14-15-21-9-4-5-10-22(21)17-20/h4-7,9-12,14-15,17H,2-3,8,13,16,18H2,1H3,(H,26,29). The predicted octanol–water partition coefficient (Wildman–Crippen LogP) is 5.09. The highest BCUT2D eigenvalue weighted by atomic mass is 16.1. The van der Waals surface area contributed by atoms with Crippen molar-refractivity contribution in [3.8, 4) is 0 Å². The molecule has 0 saturated carbocycles. The van der Waals surface area contributed by atoms with E-state index in [4.69, 9.17) is 4.98 Å². The molecular formula is C25H27N3O. The molecule has 0 atom stereocenters. The van der Waals surface area contributed by atoms with Crippen molar-refractivity contribution in [1.29, 1.82) is 0 Å². The van der Waals surface area contributed by atoms with Crippen LogP contribution in [-0.4, -0.2) is 22.0 Å². The number of carbonyl (C=O) groups excluding carboxylic acids is 1. The molecule has 0 aliphatic rings. The molecule has 29 heavy (non-hydrogen) atoms. The normalized spacial score (nSPS) is 11.2. The Morgan fingerprint density at radius 1 is 0.931 bits per heavy atom. The molecule has 1 amide bonds. The zero-order chi connectivity index (χ0) is 20.1. The molecule has 1 N–H and O–H groups in total. The summed E-state index contributed by atoms with van der Waals surface area (Å²) < 4.78 is 2.35. The highest BCUT2D eigenvalue weighted by Gasteiger charge is 2.11. The average molecular weight is 386 g/mol. The maximum atomic E-state index is 11.0. The van der Waals surface area contributed by atoms with E-state index < -0.39 is 0 Å². The van der Waals surface area contributed by atoms with E-state index in [2.05, 4.69) is 70.5 Å². The Labute approximate surface area is 171 Å². The lowest BCUT2D eigenvalue weighted by Crippen LogP contribution is -2.20. The number of para-hydroxylation sites is 2. The van der Waals surface area contributed by atoms with Crippen molar-refractivity contribution in [2.24, 2.45) is 0 Å². The van der Waals surface area contributed by atoms with E-state index in [1.165, 1.54) is 21.9 Å². The van der Waals surface area contributed by atoms with Crippen molar-refractivity contribution in [2.75, 3.05) is 6.54 Å². The molecular weight excluding hydrogens is 358 g/mol. The van der Waals surface area contributed by atoms with Gasteiger partial charge in [0.05, 0.1) is 11.0 Å². The van der Waals surface area contributed by atoms with E-state index in [9.17, 15) is 4.79 Å². The van der Waals surface area contributed by atoms with Crippen molar-refractivity contribution in [3.63, 3.8) is 0 Å². The largest absolute Gasteiger partial charge is 0.356 e. The maximum absolute atomic E-state index is 11.0. The number of amides is 1. The van der Waals surface area contributed by atoms with Crippen LogP contribution < -0.4 is 5.32 Å². The Kier molecular flexibility index (Phi) is 5.89. The van der Waals surface area contributed by atoms with E-state index in [-0.39, 0.29) is 5.91 Å². The lowest BCUT2D eigenvalue weighted by Gasteiger charge is -2.11. The fourth-order valence-corrected chi connectivity index (χ4v) is 3.86.